The molecule has 0 radical (unpaired) electrons. The number of hydrazine groups is 1. The third kappa shape index (κ3) is 4.91. The van der Waals surface area contributed by atoms with Gasteiger partial charge in [0.2, 0.25) is 0 Å². The minimum Gasteiger partial charge on any atom is -0.288 e. The van der Waals surface area contributed by atoms with E-state index in [0.29, 0.717) is 5.57 Å². The van der Waals surface area contributed by atoms with Gasteiger partial charge in [0.25, 0.3) is 5.91 Å². The molecule has 0 aliphatic heterocycles. The Labute approximate surface area is 74.2 Å². The first-order chi connectivity index (χ1) is 5.72. The molecule has 0 rings (SSSR count). The lowest BCUT2D eigenvalue weighted by molar-refractivity contribution is -0.118. The van der Waals surface area contributed by atoms with Gasteiger partial charge in [-0.2, -0.15) is 0 Å². The van der Waals surface area contributed by atoms with Gasteiger partial charge in [0.05, 0.1) is 0 Å². The molecule has 0 unspecified atom stereocenters. The number of nitrogens with one attached hydrogen (secondary N) is 2. The summed E-state index contributed by atoms with van der Waals surface area (Å²) in [5, 5.41) is 0. The third-order valence-corrected chi connectivity index (χ3v) is 1.45. The fourth-order valence-electron chi connectivity index (χ4n) is 0.771. The quantitative estimate of drug-likeness (QED) is 0.359. The van der Waals surface area contributed by atoms with Crippen LogP contribution in [0.4, 0.5) is 0 Å². The molecule has 0 saturated heterocycles. The van der Waals surface area contributed by atoms with E-state index in [1.165, 1.54) is 0 Å². The molecule has 0 aliphatic rings. The second kappa shape index (κ2) is 6.85. The van der Waals surface area contributed by atoms with Crippen molar-refractivity contribution in [3.05, 3.63) is 12.2 Å². The first kappa shape index (κ1) is 11.2. The first-order valence-corrected chi connectivity index (χ1v) is 4.43. The molecule has 0 aliphatic carbocycles. The van der Waals surface area contributed by atoms with Crippen LogP contribution >= 0.6 is 0 Å². The minimum absolute atomic E-state index is 0.0923. The molecule has 3 nitrogen and oxygen atoms in total. The van der Waals surface area contributed by atoms with Crippen LogP contribution in [0.1, 0.15) is 33.1 Å². The maximum absolute atomic E-state index is 11.1. The van der Waals surface area contributed by atoms with Crippen molar-refractivity contribution in [2.24, 2.45) is 0 Å². The van der Waals surface area contributed by atoms with E-state index < -0.39 is 0 Å². The maximum Gasteiger partial charge on any atom is 0.260 e. The van der Waals surface area contributed by atoms with Crippen molar-refractivity contribution < 1.29 is 4.79 Å². The van der Waals surface area contributed by atoms with E-state index in [1.807, 2.05) is 13.8 Å². The Balaban J connectivity index is 3.50. The van der Waals surface area contributed by atoms with Gasteiger partial charge in [-0.25, -0.2) is 5.43 Å². The average Bonchev–Trinajstić information content (AvgIpc) is 2.05. The molecule has 0 atom stereocenters. The van der Waals surface area contributed by atoms with Crippen LogP contribution in [-0.4, -0.2) is 12.5 Å². The molecule has 0 bridgehead atoms. The molecule has 0 aromatic carbocycles. The summed E-state index contributed by atoms with van der Waals surface area (Å²) in [4.78, 5) is 11.1. The van der Waals surface area contributed by atoms with Crippen molar-refractivity contribution in [3.63, 3.8) is 0 Å². The summed E-state index contributed by atoms with van der Waals surface area (Å²) in [5.41, 5.74) is 6.03. The van der Waals surface area contributed by atoms with Gasteiger partial charge in [-0.15, -0.1) is 0 Å². The summed E-state index contributed by atoms with van der Waals surface area (Å²) in [6.45, 7) is 8.54. The summed E-state index contributed by atoms with van der Waals surface area (Å²) in [7, 11) is 0. The molecule has 0 aromatic heterocycles. The molecule has 0 heterocycles. The highest BCUT2D eigenvalue weighted by atomic mass is 16.2. The van der Waals surface area contributed by atoms with Gasteiger partial charge >= 0.3 is 0 Å². The van der Waals surface area contributed by atoms with Gasteiger partial charge in [-0.05, 0) is 12.8 Å². The van der Waals surface area contributed by atoms with Crippen LogP contribution in [0, 0.1) is 0 Å². The summed E-state index contributed by atoms with van der Waals surface area (Å²) < 4.78 is 0. The van der Waals surface area contributed by atoms with Gasteiger partial charge in [0, 0.05) is 12.1 Å². The van der Waals surface area contributed by atoms with E-state index in [0.717, 1.165) is 25.8 Å². The molecule has 0 aromatic rings. The lowest BCUT2D eigenvalue weighted by Gasteiger charge is -2.06. The minimum atomic E-state index is -0.0923. The normalized spacial score (nSPS) is 9.50. The smallest absolute Gasteiger partial charge is 0.260 e. The van der Waals surface area contributed by atoms with Gasteiger partial charge in [-0.1, -0.05) is 26.8 Å². The highest BCUT2D eigenvalue weighted by molar-refractivity contribution is 5.92. The predicted octanol–water partition coefficient (Wildman–Crippen LogP) is 1.37. The zero-order chi connectivity index (χ0) is 9.40. The fourth-order valence-corrected chi connectivity index (χ4v) is 0.771. The molecule has 1 amide bonds. The predicted molar refractivity (Wildman–Crippen MR) is 50.5 cm³/mol. The Morgan fingerprint density at radius 2 is 2.00 bits per heavy atom. The summed E-state index contributed by atoms with van der Waals surface area (Å²) in [6.07, 6.45) is 2.72. The molecule has 0 saturated carbocycles. The molecule has 12 heavy (non-hydrogen) atoms. The number of hydrogen-bond donors (Lipinski definition) is 2. The molecular weight excluding hydrogens is 152 g/mol. The Morgan fingerprint density at radius 1 is 1.33 bits per heavy atom. The molecule has 70 valence electrons. The number of hydrogen-bond acceptors (Lipinski definition) is 2. The second-order valence-corrected chi connectivity index (χ2v) is 2.73. The topological polar surface area (TPSA) is 41.1 Å². The lowest BCUT2D eigenvalue weighted by atomic mass is 10.2. The lowest BCUT2D eigenvalue weighted by Crippen LogP contribution is -2.38. The van der Waals surface area contributed by atoms with E-state index in [4.69, 9.17) is 0 Å². The van der Waals surface area contributed by atoms with Crippen LogP contribution in [0.25, 0.3) is 0 Å². The van der Waals surface area contributed by atoms with Crippen LogP contribution in [0.5, 0.6) is 0 Å². The average molecular weight is 170 g/mol. The van der Waals surface area contributed by atoms with Crippen LogP contribution < -0.4 is 10.9 Å². The highest BCUT2D eigenvalue weighted by Crippen LogP contribution is 1.99. The third-order valence-electron chi connectivity index (χ3n) is 1.45. The van der Waals surface area contributed by atoms with Crippen LogP contribution in [0.2, 0.25) is 0 Å². The molecular formula is C9H18N2O. The second-order valence-electron chi connectivity index (χ2n) is 2.73. The Kier molecular flexibility index (Phi) is 6.38. The monoisotopic (exact) mass is 170 g/mol. The standard InChI is InChI=1S/C9H18N2O/c1-4-6-8(3)9(12)11-10-7-5-2/h10H,3-7H2,1-2H3,(H,11,12). The van der Waals surface area contributed by atoms with Crippen molar-refractivity contribution in [1.29, 1.82) is 0 Å². The van der Waals surface area contributed by atoms with Crippen molar-refractivity contribution >= 4 is 5.91 Å². The van der Waals surface area contributed by atoms with Crippen LogP contribution in [0.3, 0.4) is 0 Å². The zero-order valence-corrected chi connectivity index (χ0v) is 7.94. The van der Waals surface area contributed by atoms with Crippen molar-refractivity contribution in [3.8, 4) is 0 Å². The Bertz CT molecular complexity index is 155. The van der Waals surface area contributed by atoms with Crippen molar-refractivity contribution in [1.82, 2.24) is 10.9 Å². The Hall–Kier alpha value is -0.830. The number of carbonyl (C=O) groups is 1. The summed E-state index contributed by atoms with van der Waals surface area (Å²) >= 11 is 0. The molecule has 2 N–H and O–H groups in total. The van der Waals surface area contributed by atoms with E-state index in [1.54, 1.807) is 0 Å². The highest BCUT2D eigenvalue weighted by Gasteiger charge is 2.03. The van der Waals surface area contributed by atoms with Gasteiger partial charge < -0.3 is 0 Å². The summed E-state index contributed by atoms with van der Waals surface area (Å²) in [6, 6.07) is 0. The van der Waals surface area contributed by atoms with E-state index in [9.17, 15) is 4.79 Å². The number of amides is 1. The SMILES string of the molecule is C=C(CCC)C(=O)NNCCC. The van der Waals surface area contributed by atoms with Gasteiger partial charge in [0.15, 0.2) is 0 Å². The number of carbonyl (C=O) groups excluding carboxylic acids is 1. The van der Waals surface area contributed by atoms with E-state index >= 15 is 0 Å². The maximum atomic E-state index is 11.1. The van der Waals surface area contributed by atoms with Gasteiger partial charge in [0.1, 0.15) is 0 Å². The van der Waals surface area contributed by atoms with E-state index in [-0.39, 0.29) is 5.91 Å². The van der Waals surface area contributed by atoms with Crippen molar-refractivity contribution in [2.75, 3.05) is 6.54 Å². The molecule has 0 spiro atoms. The van der Waals surface area contributed by atoms with Crippen LogP contribution in [0.15, 0.2) is 12.2 Å². The largest absolute Gasteiger partial charge is 0.288 e. The van der Waals surface area contributed by atoms with Crippen molar-refractivity contribution in [2.45, 2.75) is 33.1 Å². The Morgan fingerprint density at radius 3 is 2.50 bits per heavy atom. The number of rotatable bonds is 6. The molecule has 3 heteroatoms. The van der Waals surface area contributed by atoms with Crippen LogP contribution in [-0.2, 0) is 4.79 Å². The van der Waals surface area contributed by atoms with Gasteiger partial charge in [-0.3, -0.25) is 10.2 Å². The zero-order valence-electron chi connectivity index (χ0n) is 7.94. The van der Waals surface area contributed by atoms with E-state index in [2.05, 4.69) is 17.4 Å². The fraction of sp³-hybridized carbons (Fsp3) is 0.667. The molecule has 0 fully saturated rings. The first-order valence-electron chi connectivity index (χ1n) is 4.43. The summed E-state index contributed by atoms with van der Waals surface area (Å²) in [5.74, 6) is -0.0923.